The van der Waals surface area contributed by atoms with Gasteiger partial charge in [-0.05, 0) is 23.1 Å². The van der Waals surface area contributed by atoms with Crippen LogP contribution in [0, 0.1) is 0 Å². The van der Waals surface area contributed by atoms with E-state index < -0.39 is 0 Å². The Hall–Kier alpha value is -1.30. The molecule has 0 aromatic carbocycles. The van der Waals surface area contributed by atoms with Crippen LogP contribution in [0.2, 0.25) is 0 Å². The summed E-state index contributed by atoms with van der Waals surface area (Å²) in [6.07, 6.45) is 1.98. The summed E-state index contributed by atoms with van der Waals surface area (Å²) in [6, 6.07) is 8.40. The lowest BCUT2D eigenvalue weighted by molar-refractivity contribution is 0.121. The van der Waals surface area contributed by atoms with Crippen LogP contribution in [-0.2, 0) is 6.54 Å². The third-order valence-electron chi connectivity index (χ3n) is 3.87. The fraction of sp³-hybridized carbons (Fsp3) is 0.438. The summed E-state index contributed by atoms with van der Waals surface area (Å²) in [5.74, 6) is 0. The number of rotatable bonds is 5. The lowest BCUT2D eigenvalue weighted by atomic mass is 10.2. The second kappa shape index (κ2) is 7.11. The zero-order chi connectivity index (χ0) is 14.5. The van der Waals surface area contributed by atoms with Gasteiger partial charge in [-0.1, -0.05) is 12.1 Å². The Balaban J connectivity index is 1.54. The average molecular weight is 305 g/mol. The molecule has 112 valence electrons. The fourth-order valence-corrected chi connectivity index (χ4v) is 3.34. The Bertz CT molecular complexity index is 533. The van der Waals surface area contributed by atoms with Crippen molar-refractivity contribution < 1.29 is 4.39 Å². The molecule has 2 aromatic heterocycles. The highest BCUT2D eigenvalue weighted by atomic mass is 32.1. The van der Waals surface area contributed by atoms with Gasteiger partial charge in [-0.15, -0.1) is 11.3 Å². The molecule has 1 aliphatic rings. The molecule has 21 heavy (non-hydrogen) atoms. The van der Waals surface area contributed by atoms with Gasteiger partial charge in [0, 0.05) is 45.5 Å². The van der Waals surface area contributed by atoms with Crippen molar-refractivity contribution in [3.05, 3.63) is 41.4 Å². The van der Waals surface area contributed by atoms with Crippen LogP contribution in [-0.4, -0.2) is 54.2 Å². The van der Waals surface area contributed by atoms with E-state index in [0.29, 0.717) is 6.54 Å². The van der Waals surface area contributed by atoms with Crippen molar-refractivity contribution in [1.82, 2.24) is 14.8 Å². The highest BCUT2D eigenvalue weighted by molar-refractivity contribution is 7.13. The summed E-state index contributed by atoms with van der Waals surface area (Å²) in [4.78, 5) is 10.4. The van der Waals surface area contributed by atoms with E-state index in [1.54, 1.807) is 11.3 Å². The molecule has 0 aliphatic carbocycles. The van der Waals surface area contributed by atoms with Crippen molar-refractivity contribution in [3.63, 3.8) is 0 Å². The largest absolute Gasteiger partial charge is 0.298 e. The van der Waals surface area contributed by atoms with Gasteiger partial charge in [-0.2, -0.15) is 0 Å². The first-order chi connectivity index (χ1) is 10.3. The maximum Gasteiger partial charge on any atom is 0.102 e. The Morgan fingerprint density at radius 2 is 1.90 bits per heavy atom. The van der Waals surface area contributed by atoms with Crippen LogP contribution in [0.5, 0.6) is 0 Å². The normalized spacial score (nSPS) is 17.2. The predicted molar refractivity (Wildman–Crippen MR) is 85.2 cm³/mol. The van der Waals surface area contributed by atoms with Crippen molar-refractivity contribution in [2.75, 3.05) is 39.4 Å². The minimum absolute atomic E-state index is 0.242. The number of hydrogen-bond acceptors (Lipinski definition) is 4. The average Bonchev–Trinajstić information content (AvgIpc) is 3.05. The van der Waals surface area contributed by atoms with E-state index in [4.69, 9.17) is 0 Å². The number of pyridine rings is 1. The number of thiophene rings is 1. The fourth-order valence-electron chi connectivity index (χ4n) is 2.64. The lowest BCUT2D eigenvalue weighted by Crippen LogP contribution is -2.46. The van der Waals surface area contributed by atoms with Gasteiger partial charge in [0.2, 0.25) is 0 Å². The Labute approximate surface area is 129 Å². The van der Waals surface area contributed by atoms with Gasteiger partial charge < -0.3 is 0 Å². The molecule has 3 nitrogen and oxygen atoms in total. The monoisotopic (exact) mass is 305 g/mol. The van der Waals surface area contributed by atoms with Crippen LogP contribution in [0.1, 0.15) is 5.56 Å². The van der Waals surface area contributed by atoms with Crippen molar-refractivity contribution in [3.8, 4) is 10.6 Å². The second-order valence-corrected chi connectivity index (χ2v) is 6.28. The molecule has 1 saturated heterocycles. The van der Waals surface area contributed by atoms with Crippen LogP contribution in [0.4, 0.5) is 4.39 Å². The topological polar surface area (TPSA) is 19.4 Å². The molecule has 0 N–H and O–H groups in total. The summed E-state index contributed by atoms with van der Waals surface area (Å²) in [5, 5.41) is 2.07. The van der Waals surface area contributed by atoms with E-state index in [-0.39, 0.29) is 6.67 Å². The Kier molecular flexibility index (Phi) is 4.95. The zero-order valence-electron chi connectivity index (χ0n) is 12.0. The maximum atomic E-state index is 12.3. The molecule has 0 saturated carbocycles. The highest BCUT2D eigenvalue weighted by Gasteiger charge is 2.16. The molecule has 1 fully saturated rings. The molecule has 0 atom stereocenters. The maximum absolute atomic E-state index is 12.3. The van der Waals surface area contributed by atoms with Crippen LogP contribution < -0.4 is 0 Å². The van der Waals surface area contributed by atoms with E-state index in [1.807, 2.05) is 12.3 Å². The van der Waals surface area contributed by atoms with E-state index >= 15 is 0 Å². The summed E-state index contributed by atoms with van der Waals surface area (Å²) in [7, 11) is 0. The van der Waals surface area contributed by atoms with Crippen molar-refractivity contribution in [2.45, 2.75) is 6.54 Å². The third-order valence-corrected chi connectivity index (χ3v) is 4.76. The number of nitrogens with zero attached hydrogens (tertiary/aromatic N) is 3. The van der Waals surface area contributed by atoms with Gasteiger partial charge in [0.1, 0.15) is 6.67 Å². The molecule has 1 aliphatic heterocycles. The minimum Gasteiger partial charge on any atom is -0.298 e. The summed E-state index contributed by atoms with van der Waals surface area (Å²) in [5.41, 5.74) is 2.29. The van der Waals surface area contributed by atoms with Crippen molar-refractivity contribution in [2.24, 2.45) is 0 Å². The summed E-state index contributed by atoms with van der Waals surface area (Å²) >= 11 is 1.71. The predicted octanol–water partition coefficient (Wildman–Crippen LogP) is 2.90. The molecule has 0 spiro atoms. The van der Waals surface area contributed by atoms with E-state index in [0.717, 1.165) is 38.4 Å². The van der Waals surface area contributed by atoms with E-state index in [9.17, 15) is 4.39 Å². The smallest absolute Gasteiger partial charge is 0.102 e. The quantitative estimate of drug-likeness (QED) is 0.847. The Morgan fingerprint density at radius 1 is 1.10 bits per heavy atom. The molecular weight excluding hydrogens is 285 g/mol. The molecular formula is C16H20FN3S. The number of aromatic nitrogens is 1. The van der Waals surface area contributed by atoms with Gasteiger partial charge in [0.15, 0.2) is 0 Å². The van der Waals surface area contributed by atoms with Crippen molar-refractivity contribution in [1.29, 1.82) is 0 Å². The van der Waals surface area contributed by atoms with Crippen LogP contribution in [0.15, 0.2) is 35.8 Å². The van der Waals surface area contributed by atoms with Gasteiger partial charge in [-0.3, -0.25) is 14.8 Å². The van der Waals surface area contributed by atoms with Gasteiger partial charge >= 0.3 is 0 Å². The molecule has 0 radical (unpaired) electrons. The van der Waals surface area contributed by atoms with E-state index in [2.05, 4.69) is 38.4 Å². The first-order valence-electron chi connectivity index (χ1n) is 7.34. The van der Waals surface area contributed by atoms with Crippen LogP contribution in [0.25, 0.3) is 10.6 Å². The van der Waals surface area contributed by atoms with Gasteiger partial charge in [0.25, 0.3) is 0 Å². The highest BCUT2D eigenvalue weighted by Crippen LogP contribution is 2.22. The molecule has 0 bridgehead atoms. The number of piperazine rings is 1. The zero-order valence-corrected chi connectivity index (χ0v) is 12.9. The molecule has 2 aromatic rings. The summed E-state index contributed by atoms with van der Waals surface area (Å²) in [6.45, 7) is 5.20. The molecule has 3 heterocycles. The number of hydrogen-bond donors (Lipinski definition) is 0. The first-order valence-corrected chi connectivity index (χ1v) is 8.22. The summed E-state index contributed by atoms with van der Waals surface area (Å²) < 4.78 is 12.3. The van der Waals surface area contributed by atoms with E-state index in [1.165, 1.54) is 10.4 Å². The first kappa shape index (κ1) is 14.6. The Morgan fingerprint density at radius 3 is 2.52 bits per heavy atom. The van der Waals surface area contributed by atoms with Crippen molar-refractivity contribution >= 4 is 11.3 Å². The standard InChI is InChI=1S/C16H20FN3S/c17-5-6-19-7-9-20(10-8-19)13-14-3-4-15(18-12-14)16-2-1-11-21-16/h1-4,11-12H,5-10,13H2. The minimum atomic E-state index is -0.242. The van der Waals surface area contributed by atoms with Crippen LogP contribution in [0.3, 0.4) is 0 Å². The molecule has 3 rings (SSSR count). The number of alkyl halides is 1. The molecule has 0 amide bonds. The van der Waals surface area contributed by atoms with Crippen LogP contribution >= 0.6 is 11.3 Å². The van der Waals surface area contributed by atoms with Gasteiger partial charge in [0.05, 0.1) is 10.6 Å². The van der Waals surface area contributed by atoms with Gasteiger partial charge in [-0.25, -0.2) is 4.39 Å². The molecule has 0 unspecified atom stereocenters. The third kappa shape index (κ3) is 3.87. The second-order valence-electron chi connectivity index (χ2n) is 5.34. The number of halogens is 1. The molecule has 5 heteroatoms. The lowest BCUT2D eigenvalue weighted by Gasteiger charge is -2.34. The SMILES string of the molecule is FCCN1CCN(Cc2ccc(-c3cccs3)nc2)CC1.